The molecule has 0 aliphatic heterocycles. The lowest BCUT2D eigenvalue weighted by Gasteiger charge is -2.19. The molecule has 100 valence electrons. The van der Waals surface area contributed by atoms with Gasteiger partial charge >= 0.3 is 0 Å². The van der Waals surface area contributed by atoms with Crippen molar-refractivity contribution in [3.63, 3.8) is 0 Å². The van der Waals surface area contributed by atoms with Crippen molar-refractivity contribution in [3.8, 4) is 0 Å². The molecule has 0 saturated heterocycles. The largest absolute Gasteiger partial charge is 0.355 e. The van der Waals surface area contributed by atoms with E-state index in [-0.39, 0.29) is 5.41 Å². The lowest BCUT2D eigenvalue weighted by molar-refractivity contribution is 0.590. The van der Waals surface area contributed by atoms with Crippen LogP contribution in [0, 0.1) is 0 Å². The number of nitrogens with one attached hydrogen (secondary N) is 1. The van der Waals surface area contributed by atoms with E-state index in [1.54, 1.807) is 6.07 Å². The standard InChI is InChI=1S/C16H17Cl2N/c1-16(2,3)11-4-6-14(7-5-11)19-15-9-12(17)8-13(18)10-15/h4-10,19H,1-3H3. The lowest BCUT2D eigenvalue weighted by Crippen LogP contribution is -2.10. The van der Waals surface area contributed by atoms with Crippen LogP contribution in [-0.4, -0.2) is 0 Å². The van der Waals surface area contributed by atoms with Crippen molar-refractivity contribution in [3.05, 3.63) is 58.1 Å². The fraction of sp³-hybridized carbons (Fsp3) is 0.250. The third-order valence-electron chi connectivity index (χ3n) is 2.90. The number of benzene rings is 2. The van der Waals surface area contributed by atoms with Gasteiger partial charge in [-0.15, -0.1) is 0 Å². The molecule has 1 nitrogen and oxygen atoms in total. The molecule has 0 aromatic heterocycles. The monoisotopic (exact) mass is 293 g/mol. The highest BCUT2D eigenvalue weighted by Crippen LogP contribution is 2.27. The van der Waals surface area contributed by atoms with Gasteiger partial charge in [0.2, 0.25) is 0 Å². The Bertz CT molecular complexity index is 548. The minimum absolute atomic E-state index is 0.165. The summed E-state index contributed by atoms with van der Waals surface area (Å²) in [5.74, 6) is 0. The number of anilines is 2. The van der Waals surface area contributed by atoms with E-state index < -0.39 is 0 Å². The van der Waals surface area contributed by atoms with Gasteiger partial charge in [0.25, 0.3) is 0 Å². The van der Waals surface area contributed by atoms with Crippen LogP contribution in [0.25, 0.3) is 0 Å². The summed E-state index contributed by atoms with van der Waals surface area (Å²) >= 11 is 12.0. The lowest BCUT2D eigenvalue weighted by atomic mass is 9.87. The molecule has 0 amide bonds. The van der Waals surface area contributed by atoms with Crippen molar-refractivity contribution in [1.82, 2.24) is 0 Å². The zero-order chi connectivity index (χ0) is 14.0. The normalized spacial score (nSPS) is 11.4. The van der Waals surface area contributed by atoms with Gasteiger partial charge in [0.1, 0.15) is 0 Å². The molecule has 0 spiro atoms. The molecule has 0 heterocycles. The first-order valence-corrected chi connectivity index (χ1v) is 6.94. The Labute approximate surface area is 124 Å². The third kappa shape index (κ3) is 3.89. The molecule has 0 unspecified atom stereocenters. The Morgan fingerprint density at radius 3 is 1.79 bits per heavy atom. The van der Waals surface area contributed by atoms with Crippen LogP contribution < -0.4 is 5.32 Å². The fourth-order valence-corrected chi connectivity index (χ4v) is 2.37. The Morgan fingerprint density at radius 2 is 1.32 bits per heavy atom. The zero-order valence-corrected chi connectivity index (χ0v) is 12.8. The van der Waals surface area contributed by atoms with Crippen LogP contribution in [0.5, 0.6) is 0 Å². The summed E-state index contributed by atoms with van der Waals surface area (Å²) in [7, 11) is 0. The second kappa shape index (κ2) is 5.44. The topological polar surface area (TPSA) is 12.0 Å². The molecule has 1 N–H and O–H groups in total. The van der Waals surface area contributed by atoms with E-state index in [4.69, 9.17) is 23.2 Å². The highest BCUT2D eigenvalue weighted by atomic mass is 35.5. The minimum atomic E-state index is 0.165. The predicted octanol–water partition coefficient (Wildman–Crippen LogP) is 6.03. The van der Waals surface area contributed by atoms with Crippen LogP contribution in [0.15, 0.2) is 42.5 Å². The van der Waals surface area contributed by atoms with Gasteiger partial charge in [-0.25, -0.2) is 0 Å². The maximum atomic E-state index is 5.98. The van der Waals surface area contributed by atoms with Gasteiger partial charge in [-0.05, 0) is 41.3 Å². The maximum absolute atomic E-state index is 5.98. The number of hydrogen-bond acceptors (Lipinski definition) is 1. The van der Waals surface area contributed by atoms with Gasteiger partial charge in [-0.2, -0.15) is 0 Å². The first-order chi connectivity index (χ1) is 8.84. The molecule has 2 rings (SSSR count). The molecule has 3 heteroatoms. The van der Waals surface area contributed by atoms with E-state index >= 15 is 0 Å². The highest BCUT2D eigenvalue weighted by molar-refractivity contribution is 6.35. The van der Waals surface area contributed by atoms with Crippen molar-refractivity contribution in [2.24, 2.45) is 0 Å². The smallest absolute Gasteiger partial charge is 0.0441 e. The van der Waals surface area contributed by atoms with E-state index in [0.29, 0.717) is 10.0 Å². The molecule has 0 atom stereocenters. The average Bonchev–Trinajstić information content (AvgIpc) is 2.26. The summed E-state index contributed by atoms with van der Waals surface area (Å²) in [4.78, 5) is 0. The molecule has 2 aromatic rings. The van der Waals surface area contributed by atoms with Gasteiger partial charge in [-0.3, -0.25) is 0 Å². The van der Waals surface area contributed by atoms with Gasteiger partial charge in [0.15, 0.2) is 0 Å². The summed E-state index contributed by atoms with van der Waals surface area (Å²) in [5.41, 5.74) is 3.38. The molecule has 19 heavy (non-hydrogen) atoms. The molecule has 0 aliphatic carbocycles. The van der Waals surface area contributed by atoms with Crippen molar-refractivity contribution < 1.29 is 0 Å². The summed E-state index contributed by atoms with van der Waals surface area (Å²) in [6.45, 7) is 6.60. The summed E-state index contributed by atoms with van der Waals surface area (Å²) in [6.07, 6.45) is 0. The van der Waals surface area contributed by atoms with E-state index in [0.717, 1.165) is 11.4 Å². The second-order valence-corrected chi connectivity index (χ2v) is 6.48. The van der Waals surface area contributed by atoms with Crippen LogP contribution >= 0.6 is 23.2 Å². The van der Waals surface area contributed by atoms with Crippen LogP contribution in [-0.2, 0) is 5.41 Å². The van der Waals surface area contributed by atoms with Crippen molar-refractivity contribution in [2.75, 3.05) is 5.32 Å². The van der Waals surface area contributed by atoms with Crippen LogP contribution in [0.1, 0.15) is 26.3 Å². The quantitative estimate of drug-likeness (QED) is 0.712. The summed E-state index contributed by atoms with van der Waals surface area (Å²) in [5, 5.41) is 4.55. The van der Waals surface area contributed by atoms with Gasteiger partial charge in [-0.1, -0.05) is 56.1 Å². The SMILES string of the molecule is CC(C)(C)c1ccc(Nc2cc(Cl)cc(Cl)c2)cc1. The van der Waals surface area contributed by atoms with Gasteiger partial charge < -0.3 is 5.32 Å². The van der Waals surface area contributed by atoms with E-state index in [2.05, 4.69) is 50.4 Å². The molecule has 0 aliphatic rings. The van der Waals surface area contributed by atoms with Crippen LogP contribution in [0.3, 0.4) is 0 Å². The Morgan fingerprint density at radius 1 is 0.789 bits per heavy atom. The Balaban J connectivity index is 2.20. The number of rotatable bonds is 2. The Hall–Kier alpha value is -1.18. The van der Waals surface area contributed by atoms with E-state index in [9.17, 15) is 0 Å². The molecular formula is C16H17Cl2N. The molecule has 0 fully saturated rings. The van der Waals surface area contributed by atoms with Crippen molar-refractivity contribution >= 4 is 34.6 Å². The maximum Gasteiger partial charge on any atom is 0.0441 e. The van der Waals surface area contributed by atoms with Crippen LogP contribution in [0.2, 0.25) is 10.0 Å². The highest BCUT2D eigenvalue weighted by Gasteiger charge is 2.12. The van der Waals surface area contributed by atoms with Gasteiger partial charge in [0, 0.05) is 21.4 Å². The third-order valence-corrected chi connectivity index (χ3v) is 3.34. The van der Waals surface area contributed by atoms with Crippen LogP contribution in [0.4, 0.5) is 11.4 Å². The molecule has 0 saturated carbocycles. The average molecular weight is 294 g/mol. The predicted molar refractivity (Wildman–Crippen MR) is 84.9 cm³/mol. The minimum Gasteiger partial charge on any atom is -0.355 e. The molecule has 2 aromatic carbocycles. The van der Waals surface area contributed by atoms with E-state index in [1.807, 2.05) is 12.1 Å². The summed E-state index contributed by atoms with van der Waals surface area (Å²) < 4.78 is 0. The Kier molecular flexibility index (Phi) is 4.07. The molecular weight excluding hydrogens is 277 g/mol. The van der Waals surface area contributed by atoms with Gasteiger partial charge in [0.05, 0.1) is 0 Å². The molecule has 0 bridgehead atoms. The summed E-state index contributed by atoms with van der Waals surface area (Å²) in [6, 6.07) is 13.8. The fourth-order valence-electron chi connectivity index (χ4n) is 1.85. The first kappa shape index (κ1) is 14.2. The first-order valence-electron chi connectivity index (χ1n) is 6.18. The van der Waals surface area contributed by atoms with Crippen molar-refractivity contribution in [2.45, 2.75) is 26.2 Å². The van der Waals surface area contributed by atoms with Crippen molar-refractivity contribution in [1.29, 1.82) is 0 Å². The second-order valence-electron chi connectivity index (χ2n) is 5.61. The zero-order valence-electron chi connectivity index (χ0n) is 11.3. The number of halogens is 2. The van der Waals surface area contributed by atoms with E-state index in [1.165, 1.54) is 5.56 Å². The number of hydrogen-bond donors (Lipinski definition) is 1. The molecule has 0 radical (unpaired) electrons.